The van der Waals surface area contributed by atoms with Crippen molar-refractivity contribution >= 4 is 35.8 Å². The molecule has 1 amide bonds. The molecule has 1 N–H and O–H groups in total. The van der Waals surface area contributed by atoms with Gasteiger partial charge in [-0.3, -0.25) is 14.8 Å². The molecule has 0 aliphatic carbocycles. The van der Waals surface area contributed by atoms with Crippen LogP contribution >= 0.6 is 24.0 Å². The van der Waals surface area contributed by atoms with Crippen LogP contribution in [-0.4, -0.2) is 66.4 Å². The number of aryl methyl sites for hydroxylation is 1. The Morgan fingerprint density at radius 1 is 1.26 bits per heavy atom. The number of piperazine rings is 1. The molecule has 0 atom stereocenters. The first-order valence-electron chi connectivity index (χ1n) is 8.87. The Balaban J connectivity index is 0.00000261. The molecule has 8 heteroatoms. The van der Waals surface area contributed by atoms with Crippen molar-refractivity contribution in [3.05, 3.63) is 53.7 Å². The smallest absolute Gasteiger partial charge is 0.289 e. The first kappa shape index (κ1) is 21.2. The van der Waals surface area contributed by atoms with Crippen LogP contribution in [0.3, 0.4) is 0 Å². The molecule has 1 fully saturated rings. The first-order chi connectivity index (χ1) is 12.7. The van der Waals surface area contributed by atoms with Gasteiger partial charge >= 0.3 is 0 Å². The fourth-order valence-corrected chi connectivity index (χ4v) is 3.10. The lowest BCUT2D eigenvalue weighted by Crippen LogP contribution is -2.54. The van der Waals surface area contributed by atoms with Crippen molar-refractivity contribution in [3.8, 4) is 0 Å². The minimum atomic E-state index is -0.0502. The molecule has 2 aromatic rings. The molecular formula is C19H26IN5O2. The number of furan rings is 1. The highest BCUT2D eigenvalue weighted by Crippen LogP contribution is 2.10. The van der Waals surface area contributed by atoms with Gasteiger partial charge in [-0.1, -0.05) is 0 Å². The second-order valence-electron chi connectivity index (χ2n) is 6.28. The fourth-order valence-electron chi connectivity index (χ4n) is 3.10. The van der Waals surface area contributed by atoms with Crippen molar-refractivity contribution in [2.24, 2.45) is 4.99 Å². The summed E-state index contributed by atoms with van der Waals surface area (Å²) in [5.74, 6) is 1.22. The van der Waals surface area contributed by atoms with Gasteiger partial charge in [0.15, 0.2) is 11.7 Å². The molecule has 27 heavy (non-hydrogen) atoms. The fraction of sp³-hybridized carbons (Fsp3) is 0.421. The van der Waals surface area contributed by atoms with E-state index in [1.165, 1.54) is 17.4 Å². The number of carbonyl (C=O) groups is 1. The van der Waals surface area contributed by atoms with E-state index in [-0.39, 0.29) is 29.9 Å². The van der Waals surface area contributed by atoms with Crippen molar-refractivity contribution in [1.82, 2.24) is 20.1 Å². The molecule has 0 spiro atoms. The second kappa shape index (κ2) is 10.3. The summed E-state index contributed by atoms with van der Waals surface area (Å²) in [7, 11) is 1.79. The number of hydrogen-bond donors (Lipinski definition) is 1. The number of halogens is 1. The SMILES string of the molecule is CN=C(NCCc1ccncc1C)N1CCN(C(=O)c2ccco2)CC1.I. The molecular weight excluding hydrogens is 457 g/mol. The van der Waals surface area contributed by atoms with Gasteiger partial charge in [0.25, 0.3) is 5.91 Å². The Labute approximate surface area is 176 Å². The van der Waals surface area contributed by atoms with Gasteiger partial charge in [-0.05, 0) is 42.7 Å². The Hall–Kier alpha value is -2.10. The molecule has 3 rings (SSSR count). The molecule has 0 bridgehead atoms. The maximum Gasteiger partial charge on any atom is 0.289 e. The van der Waals surface area contributed by atoms with Crippen LogP contribution in [0.5, 0.6) is 0 Å². The molecule has 0 unspecified atom stereocenters. The van der Waals surface area contributed by atoms with Crippen molar-refractivity contribution in [3.63, 3.8) is 0 Å². The van der Waals surface area contributed by atoms with Crippen LogP contribution in [-0.2, 0) is 6.42 Å². The minimum absolute atomic E-state index is 0. The summed E-state index contributed by atoms with van der Waals surface area (Å²) in [6.07, 6.45) is 6.16. The van der Waals surface area contributed by atoms with E-state index < -0.39 is 0 Å². The molecule has 146 valence electrons. The summed E-state index contributed by atoms with van der Waals surface area (Å²) in [5, 5.41) is 3.42. The monoisotopic (exact) mass is 483 g/mol. The zero-order valence-electron chi connectivity index (χ0n) is 15.7. The third-order valence-electron chi connectivity index (χ3n) is 4.62. The van der Waals surface area contributed by atoms with E-state index in [9.17, 15) is 4.79 Å². The van der Waals surface area contributed by atoms with Gasteiger partial charge in [0.05, 0.1) is 6.26 Å². The lowest BCUT2D eigenvalue weighted by Gasteiger charge is -2.36. The summed E-state index contributed by atoms with van der Waals surface area (Å²) in [6, 6.07) is 5.49. The maximum atomic E-state index is 12.3. The van der Waals surface area contributed by atoms with Crippen molar-refractivity contribution in [2.45, 2.75) is 13.3 Å². The van der Waals surface area contributed by atoms with E-state index in [0.717, 1.165) is 32.0 Å². The summed E-state index contributed by atoms with van der Waals surface area (Å²) in [6.45, 7) is 5.70. The van der Waals surface area contributed by atoms with Crippen LogP contribution in [0.15, 0.2) is 46.3 Å². The van der Waals surface area contributed by atoms with Gasteiger partial charge in [-0.2, -0.15) is 0 Å². The van der Waals surface area contributed by atoms with Gasteiger partial charge in [-0.15, -0.1) is 24.0 Å². The number of nitrogens with zero attached hydrogens (tertiary/aromatic N) is 4. The highest BCUT2D eigenvalue weighted by Gasteiger charge is 2.25. The second-order valence-corrected chi connectivity index (χ2v) is 6.28. The standard InChI is InChI=1S/C19H25N5O2.HI/c1-15-14-21-7-5-16(15)6-8-22-19(20-2)24-11-9-23(10-12-24)18(25)17-4-3-13-26-17;/h3-5,7,13-14H,6,8-12H2,1-2H3,(H,20,22);1H. The third-order valence-corrected chi connectivity index (χ3v) is 4.62. The van der Waals surface area contributed by atoms with Crippen molar-refractivity contribution < 1.29 is 9.21 Å². The number of nitrogens with one attached hydrogen (secondary N) is 1. The Morgan fingerprint density at radius 3 is 2.63 bits per heavy atom. The van der Waals surface area contributed by atoms with Gasteiger partial charge in [0.2, 0.25) is 0 Å². The molecule has 1 aliphatic heterocycles. The minimum Gasteiger partial charge on any atom is -0.459 e. The van der Waals surface area contributed by atoms with Crippen LogP contribution in [0.2, 0.25) is 0 Å². The molecule has 0 aromatic carbocycles. The number of rotatable bonds is 4. The van der Waals surface area contributed by atoms with E-state index in [4.69, 9.17) is 4.42 Å². The molecule has 7 nitrogen and oxygen atoms in total. The Bertz CT molecular complexity index is 755. The number of amides is 1. The number of hydrogen-bond acceptors (Lipinski definition) is 4. The zero-order valence-corrected chi connectivity index (χ0v) is 18.1. The molecule has 2 aromatic heterocycles. The first-order valence-corrected chi connectivity index (χ1v) is 8.87. The van der Waals surface area contributed by atoms with Crippen LogP contribution in [0.25, 0.3) is 0 Å². The van der Waals surface area contributed by atoms with Gasteiger partial charge in [0, 0.05) is 52.2 Å². The maximum absolute atomic E-state index is 12.3. The van der Waals surface area contributed by atoms with E-state index in [2.05, 4.69) is 33.2 Å². The normalized spacial score (nSPS) is 14.7. The van der Waals surface area contributed by atoms with E-state index in [1.54, 1.807) is 19.2 Å². The average molecular weight is 483 g/mol. The Kier molecular flexibility index (Phi) is 8.08. The Morgan fingerprint density at radius 2 is 2.00 bits per heavy atom. The number of guanidine groups is 1. The highest BCUT2D eigenvalue weighted by atomic mass is 127. The lowest BCUT2D eigenvalue weighted by molar-refractivity contribution is 0.0658. The van der Waals surface area contributed by atoms with Gasteiger partial charge < -0.3 is 19.5 Å². The highest BCUT2D eigenvalue weighted by molar-refractivity contribution is 14.0. The third kappa shape index (κ3) is 5.44. The topological polar surface area (TPSA) is 74.0 Å². The predicted octanol–water partition coefficient (Wildman–Crippen LogP) is 2.18. The summed E-state index contributed by atoms with van der Waals surface area (Å²) in [4.78, 5) is 24.8. The van der Waals surface area contributed by atoms with Crippen LogP contribution in [0, 0.1) is 6.92 Å². The average Bonchev–Trinajstić information content (AvgIpc) is 3.21. The molecule has 1 saturated heterocycles. The molecule has 0 saturated carbocycles. The van der Waals surface area contributed by atoms with E-state index in [1.807, 2.05) is 17.3 Å². The quantitative estimate of drug-likeness (QED) is 0.410. The summed E-state index contributed by atoms with van der Waals surface area (Å²) < 4.78 is 5.20. The van der Waals surface area contributed by atoms with Gasteiger partial charge in [-0.25, -0.2) is 0 Å². The molecule has 3 heterocycles. The number of pyridine rings is 1. The van der Waals surface area contributed by atoms with E-state index >= 15 is 0 Å². The van der Waals surface area contributed by atoms with E-state index in [0.29, 0.717) is 18.8 Å². The molecule has 0 radical (unpaired) electrons. The largest absolute Gasteiger partial charge is 0.459 e. The van der Waals surface area contributed by atoms with Gasteiger partial charge in [0.1, 0.15) is 0 Å². The molecule has 1 aliphatic rings. The predicted molar refractivity (Wildman–Crippen MR) is 116 cm³/mol. The number of aromatic nitrogens is 1. The van der Waals surface area contributed by atoms with Crippen LogP contribution in [0.4, 0.5) is 0 Å². The van der Waals surface area contributed by atoms with Crippen LogP contribution < -0.4 is 5.32 Å². The zero-order chi connectivity index (χ0) is 18.4. The lowest BCUT2D eigenvalue weighted by atomic mass is 10.1. The number of carbonyl (C=O) groups excluding carboxylic acids is 1. The van der Waals surface area contributed by atoms with Crippen LogP contribution in [0.1, 0.15) is 21.7 Å². The van der Waals surface area contributed by atoms with Crippen molar-refractivity contribution in [2.75, 3.05) is 39.8 Å². The summed E-state index contributed by atoms with van der Waals surface area (Å²) in [5.41, 5.74) is 2.49. The number of aliphatic imine (C=N–C) groups is 1. The van der Waals surface area contributed by atoms with Crippen molar-refractivity contribution in [1.29, 1.82) is 0 Å². The summed E-state index contributed by atoms with van der Waals surface area (Å²) >= 11 is 0.